The predicted octanol–water partition coefficient (Wildman–Crippen LogP) is 4.83. The van der Waals surface area contributed by atoms with Crippen molar-refractivity contribution < 1.29 is 37.4 Å². The van der Waals surface area contributed by atoms with Crippen LogP contribution in [-0.4, -0.2) is 66.5 Å². The summed E-state index contributed by atoms with van der Waals surface area (Å²) in [6, 6.07) is 28.9. The van der Waals surface area contributed by atoms with Crippen molar-refractivity contribution in [2.45, 2.75) is 73.4 Å². The molecule has 0 radical (unpaired) electrons. The summed E-state index contributed by atoms with van der Waals surface area (Å²) in [6.45, 7) is 4.36. The lowest BCUT2D eigenvalue weighted by Gasteiger charge is -2.57. The maximum absolute atomic E-state index is 14.1. The van der Waals surface area contributed by atoms with E-state index in [1.165, 1.54) is 0 Å². The van der Waals surface area contributed by atoms with Gasteiger partial charge in [-0.3, -0.25) is 4.21 Å². The van der Waals surface area contributed by atoms with Gasteiger partial charge in [-0.25, -0.2) is 0 Å². The zero-order valence-electron chi connectivity index (χ0n) is 23.8. The molecule has 9 heteroatoms. The fourth-order valence-electron chi connectivity index (χ4n) is 5.16. The van der Waals surface area contributed by atoms with E-state index >= 15 is 0 Å². The summed E-state index contributed by atoms with van der Waals surface area (Å²) in [5.41, 5.74) is 1.13. The van der Waals surface area contributed by atoms with Crippen molar-refractivity contribution in [3.05, 3.63) is 102 Å². The number of methoxy groups -OCH3 is 2. The highest BCUT2D eigenvalue weighted by Crippen LogP contribution is 2.45. The summed E-state index contributed by atoms with van der Waals surface area (Å²) in [4.78, 5) is 0.626. The number of fused-ring (bicyclic) bond motifs is 1. The van der Waals surface area contributed by atoms with Crippen LogP contribution < -0.4 is 0 Å². The van der Waals surface area contributed by atoms with Gasteiger partial charge in [0.05, 0.1) is 30.6 Å². The highest BCUT2D eigenvalue weighted by Gasteiger charge is 2.63. The molecule has 0 amide bonds. The van der Waals surface area contributed by atoms with Gasteiger partial charge in [0.1, 0.15) is 24.4 Å². The summed E-state index contributed by atoms with van der Waals surface area (Å²) in [7, 11) is 1.49. The van der Waals surface area contributed by atoms with E-state index in [9.17, 15) is 4.21 Å². The molecule has 3 aromatic carbocycles. The monoisotopic (exact) mass is 582 g/mol. The molecule has 0 spiro atoms. The maximum Gasteiger partial charge on any atom is 0.220 e. The minimum absolute atomic E-state index is 0.177. The average Bonchev–Trinajstić information content (AvgIpc) is 3.02. The van der Waals surface area contributed by atoms with Crippen molar-refractivity contribution in [1.82, 2.24) is 0 Å². The largest absolute Gasteiger partial charge is 0.374 e. The molecule has 2 aliphatic heterocycles. The van der Waals surface area contributed by atoms with Gasteiger partial charge < -0.3 is 33.2 Å². The third-order valence-electron chi connectivity index (χ3n) is 7.78. The van der Waals surface area contributed by atoms with Crippen LogP contribution >= 0.6 is 0 Å². The summed E-state index contributed by atoms with van der Waals surface area (Å²) in [5, 5.41) is 0. The van der Waals surface area contributed by atoms with Gasteiger partial charge in [-0.15, -0.1) is 0 Å². The number of hydrogen-bond donors (Lipinski definition) is 0. The van der Waals surface area contributed by atoms with Gasteiger partial charge in [-0.2, -0.15) is 0 Å². The number of ether oxygens (including phenoxy) is 7. The Morgan fingerprint density at radius 3 is 1.80 bits per heavy atom. The Labute approximate surface area is 244 Å². The molecule has 5 rings (SSSR count). The lowest BCUT2D eigenvalue weighted by Crippen LogP contribution is -2.73. The highest BCUT2D eigenvalue weighted by molar-refractivity contribution is 7.85. The van der Waals surface area contributed by atoms with Gasteiger partial charge in [0.2, 0.25) is 11.6 Å². The molecule has 41 heavy (non-hydrogen) atoms. The van der Waals surface area contributed by atoms with E-state index in [1.54, 1.807) is 28.1 Å². The Morgan fingerprint density at radius 1 is 0.732 bits per heavy atom. The SMILES string of the molecule is COC1(C)O[C@@H]2[C@@H](OCc3ccccc3)[C@H](S(=O)c3ccccc3)O[C@H](COCc3ccccc3)[C@H]2OC1(C)OC. The average molecular weight is 583 g/mol. The van der Waals surface area contributed by atoms with Crippen LogP contribution in [0.2, 0.25) is 0 Å². The Balaban J connectivity index is 1.48. The lowest BCUT2D eigenvalue weighted by atomic mass is 9.94. The van der Waals surface area contributed by atoms with E-state index in [0.717, 1.165) is 11.1 Å². The van der Waals surface area contributed by atoms with Crippen molar-refractivity contribution in [3.8, 4) is 0 Å². The van der Waals surface area contributed by atoms with Crippen LogP contribution in [0.4, 0.5) is 0 Å². The van der Waals surface area contributed by atoms with Crippen molar-refractivity contribution in [3.63, 3.8) is 0 Å². The topological polar surface area (TPSA) is 81.7 Å². The van der Waals surface area contributed by atoms with Crippen LogP contribution in [0, 0.1) is 0 Å². The first-order valence-electron chi connectivity index (χ1n) is 13.7. The standard InChI is InChI=1S/C32H38O8S/c1-31(34-3)32(2,35-4)40-28-27(39-31)26(22-36-20-23-14-8-5-9-15-23)38-30(41(33)25-18-12-7-13-19-25)29(28)37-21-24-16-10-6-11-17-24/h5-19,26-30H,20-22H2,1-4H3/t26-,27-,28+,29-,30+,31?,32?,41?/m1/s1. The third-order valence-corrected chi connectivity index (χ3v) is 9.32. The second-order valence-corrected chi connectivity index (χ2v) is 11.9. The predicted molar refractivity (Wildman–Crippen MR) is 153 cm³/mol. The molecule has 2 heterocycles. The van der Waals surface area contributed by atoms with E-state index in [-0.39, 0.29) is 13.2 Å². The normalized spacial score (nSPS) is 32.2. The molecule has 220 valence electrons. The van der Waals surface area contributed by atoms with Gasteiger partial charge in [0, 0.05) is 19.1 Å². The first-order valence-corrected chi connectivity index (χ1v) is 14.9. The number of benzene rings is 3. The summed E-state index contributed by atoms with van der Waals surface area (Å²) < 4.78 is 58.2. The van der Waals surface area contributed by atoms with Crippen LogP contribution in [0.5, 0.6) is 0 Å². The van der Waals surface area contributed by atoms with Gasteiger partial charge in [-0.05, 0) is 37.1 Å². The summed E-state index contributed by atoms with van der Waals surface area (Å²) in [6.07, 6.45) is -2.76. The molecule has 2 saturated heterocycles. The highest BCUT2D eigenvalue weighted by atomic mass is 32.2. The van der Waals surface area contributed by atoms with Crippen molar-refractivity contribution >= 4 is 10.8 Å². The molecule has 8 nitrogen and oxygen atoms in total. The minimum Gasteiger partial charge on any atom is -0.374 e. The second kappa shape index (κ2) is 13.2. The Morgan fingerprint density at radius 2 is 1.24 bits per heavy atom. The van der Waals surface area contributed by atoms with Crippen LogP contribution in [0.3, 0.4) is 0 Å². The van der Waals surface area contributed by atoms with Crippen molar-refractivity contribution in [1.29, 1.82) is 0 Å². The lowest BCUT2D eigenvalue weighted by molar-refractivity contribution is -0.471. The molecule has 0 N–H and O–H groups in total. The molecule has 8 atom stereocenters. The minimum atomic E-state index is -1.59. The molecular formula is C32H38O8S. The van der Waals surface area contributed by atoms with E-state index < -0.39 is 52.2 Å². The van der Waals surface area contributed by atoms with Gasteiger partial charge in [0.25, 0.3) is 0 Å². The number of hydrogen-bond acceptors (Lipinski definition) is 8. The van der Waals surface area contributed by atoms with E-state index in [4.69, 9.17) is 33.2 Å². The molecule has 2 aliphatic rings. The maximum atomic E-state index is 14.1. The third kappa shape index (κ3) is 6.48. The van der Waals surface area contributed by atoms with Crippen LogP contribution in [0.15, 0.2) is 95.9 Å². The second-order valence-electron chi connectivity index (χ2n) is 10.4. The Kier molecular flexibility index (Phi) is 9.68. The van der Waals surface area contributed by atoms with E-state index in [2.05, 4.69) is 0 Å². The molecule has 0 bridgehead atoms. The Bertz CT molecular complexity index is 1260. The number of rotatable bonds is 11. The van der Waals surface area contributed by atoms with Crippen LogP contribution in [0.25, 0.3) is 0 Å². The smallest absolute Gasteiger partial charge is 0.220 e. The van der Waals surface area contributed by atoms with Crippen LogP contribution in [0.1, 0.15) is 25.0 Å². The summed E-state index contributed by atoms with van der Waals surface area (Å²) in [5.74, 6) is -2.55. The molecule has 2 fully saturated rings. The first kappa shape index (κ1) is 30.0. The zero-order valence-corrected chi connectivity index (χ0v) is 24.7. The quantitative estimate of drug-likeness (QED) is 0.318. The fraction of sp³-hybridized carbons (Fsp3) is 0.438. The Hall–Kier alpha value is -2.47. The fourth-order valence-corrected chi connectivity index (χ4v) is 6.57. The molecule has 0 aliphatic carbocycles. The van der Waals surface area contributed by atoms with Crippen LogP contribution in [-0.2, 0) is 57.2 Å². The van der Waals surface area contributed by atoms with Gasteiger partial charge in [-0.1, -0.05) is 78.9 Å². The van der Waals surface area contributed by atoms with Crippen molar-refractivity contribution in [2.24, 2.45) is 0 Å². The molecule has 3 aromatic rings. The molecule has 3 unspecified atom stereocenters. The van der Waals surface area contributed by atoms with Gasteiger partial charge >= 0.3 is 0 Å². The van der Waals surface area contributed by atoms with E-state index in [0.29, 0.717) is 11.5 Å². The van der Waals surface area contributed by atoms with Gasteiger partial charge in [0.15, 0.2) is 5.44 Å². The summed E-state index contributed by atoms with van der Waals surface area (Å²) >= 11 is 0. The molecular weight excluding hydrogens is 544 g/mol. The molecule has 0 saturated carbocycles. The molecule has 0 aromatic heterocycles. The van der Waals surface area contributed by atoms with E-state index in [1.807, 2.05) is 91.0 Å². The zero-order chi connectivity index (χ0) is 28.9. The van der Waals surface area contributed by atoms with Crippen molar-refractivity contribution in [2.75, 3.05) is 20.8 Å². The first-order chi connectivity index (χ1) is 19.9.